The van der Waals surface area contributed by atoms with Crippen LogP contribution in [0.25, 0.3) is 0 Å². The molecule has 2 heterocycles. The Morgan fingerprint density at radius 3 is 2.75 bits per heavy atom. The van der Waals surface area contributed by atoms with Crippen molar-refractivity contribution in [2.45, 2.75) is 25.3 Å². The predicted molar refractivity (Wildman–Crippen MR) is 46.8 cm³/mol. The Morgan fingerprint density at radius 1 is 1.42 bits per heavy atom. The second-order valence-electron chi connectivity index (χ2n) is 3.35. The highest BCUT2D eigenvalue weighted by Gasteiger charge is 2.23. The summed E-state index contributed by atoms with van der Waals surface area (Å²) in [7, 11) is 0. The third-order valence-corrected chi connectivity index (χ3v) is 2.47. The van der Waals surface area contributed by atoms with Crippen molar-refractivity contribution in [2.75, 3.05) is 19.8 Å². The number of amidine groups is 1. The van der Waals surface area contributed by atoms with E-state index in [1.54, 1.807) is 0 Å². The fourth-order valence-electron chi connectivity index (χ4n) is 1.74. The summed E-state index contributed by atoms with van der Waals surface area (Å²) in [4.78, 5) is 0. The van der Waals surface area contributed by atoms with Crippen LogP contribution in [0.15, 0.2) is 5.10 Å². The number of nitrogens with zero attached hydrogens (tertiary/aromatic N) is 2. The molecule has 0 saturated carbocycles. The number of ether oxygens (including phenoxy) is 1. The van der Waals surface area contributed by atoms with Crippen molar-refractivity contribution in [1.82, 2.24) is 5.01 Å². The summed E-state index contributed by atoms with van der Waals surface area (Å²) in [6, 6.07) is 0.569. The molecule has 2 aliphatic heterocycles. The van der Waals surface area contributed by atoms with E-state index in [0.717, 1.165) is 44.9 Å². The van der Waals surface area contributed by atoms with Crippen molar-refractivity contribution in [3.63, 3.8) is 0 Å². The van der Waals surface area contributed by atoms with E-state index in [4.69, 9.17) is 10.5 Å². The van der Waals surface area contributed by atoms with E-state index in [2.05, 4.69) is 10.1 Å². The van der Waals surface area contributed by atoms with Gasteiger partial charge >= 0.3 is 0 Å². The third kappa shape index (κ3) is 1.53. The van der Waals surface area contributed by atoms with Gasteiger partial charge in [0.2, 0.25) is 0 Å². The third-order valence-electron chi connectivity index (χ3n) is 2.47. The van der Waals surface area contributed by atoms with Gasteiger partial charge in [-0.1, -0.05) is 0 Å². The molecule has 0 unspecified atom stereocenters. The number of hydrogen-bond acceptors (Lipinski definition) is 4. The first-order valence-corrected chi connectivity index (χ1v) is 4.53. The molecule has 0 amide bonds. The van der Waals surface area contributed by atoms with Crippen molar-refractivity contribution in [1.29, 1.82) is 0 Å². The van der Waals surface area contributed by atoms with Crippen molar-refractivity contribution in [3.05, 3.63) is 0 Å². The Kier molecular flexibility index (Phi) is 2.17. The zero-order chi connectivity index (χ0) is 8.39. The fourth-order valence-corrected chi connectivity index (χ4v) is 1.74. The largest absolute Gasteiger partial charge is 0.386 e. The standard InChI is InChI=1S/C8H15N3O/c9-8-1-4-11(10-8)7-2-5-12-6-3-7/h7H,1-6H2,(H2,9,10). The van der Waals surface area contributed by atoms with E-state index >= 15 is 0 Å². The first-order valence-electron chi connectivity index (χ1n) is 4.53. The SMILES string of the molecule is NC1=NN(C2CCOCC2)CC1. The minimum absolute atomic E-state index is 0.569. The van der Waals surface area contributed by atoms with Gasteiger partial charge < -0.3 is 10.5 Å². The molecule has 2 aliphatic rings. The molecule has 0 radical (unpaired) electrons. The lowest BCUT2D eigenvalue weighted by Gasteiger charge is -2.29. The first kappa shape index (κ1) is 7.86. The van der Waals surface area contributed by atoms with Gasteiger partial charge in [0.05, 0.1) is 6.04 Å². The van der Waals surface area contributed by atoms with Crippen LogP contribution in [0.2, 0.25) is 0 Å². The molecular weight excluding hydrogens is 154 g/mol. The zero-order valence-electron chi connectivity index (χ0n) is 7.20. The summed E-state index contributed by atoms with van der Waals surface area (Å²) in [5.74, 6) is 0.779. The van der Waals surface area contributed by atoms with Gasteiger partial charge in [0.1, 0.15) is 5.84 Å². The molecule has 68 valence electrons. The smallest absolute Gasteiger partial charge is 0.121 e. The molecule has 1 fully saturated rings. The van der Waals surface area contributed by atoms with Crippen LogP contribution in [-0.2, 0) is 4.74 Å². The maximum atomic E-state index is 5.61. The average Bonchev–Trinajstić information content (AvgIpc) is 2.54. The van der Waals surface area contributed by atoms with Crippen LogP contribution >= 0.6 is 0 Å². The molecule has 4 heteroatoms. The van der Waals surface area contributed by atoms with Crippen LogP contribution in [-0.4, -0.2) is 36.6 Å². The van der Waals surface area contributed by atoms with Gasteiger partial charge in [0, 0.05) is 26.2 Å². The second kappa shape index (κ2) is 3.31. The van der Waals surface area contributed by atoms with Gasteiger partial charge in [-0.15, -0.1) is 0 Å². The van der Waals surface area contributed by atoms with Crippen LogP contribution in [0.1, 0.15) is 19.3 Å². The van der Waals surface area contributed by atoms with E-state index in [-0.39, 0.29) is 0 Å². The molecule has 0 aliphatic carbocycles. The minimum atomic E-state index is 0.569. The molecule has 2 N–H and O–H groups in total. The normalized spacial score (nSPS) is 26.0. The van der Waals surface area contributed by atoms with E-state index in [0.29, 0.717) is 6.04 Å². The van der Waals surface area contributed by atoms with Gasteiger partial charge in [-0.3, -0.25) is 5.01 Å². The second-order valence-corrected chi connectivity index (χ2v) is 3.35. The fraction of sp³-hybridized carbons (Fsp3) is 0.875. The molecule has 0 spiro atoms. The first-order chi connectivity index (χ1) is 5.86. The van der Waals surface area contributed by atoms with Crippen LogP contribution < -0.4 is 5.73 Å². The molecule has 2 rings (SSSR count). The van der Waals surface area contributed by atoms with Crippen molar-refractivity contribution in [2.24, 2.45) is 10.8 Å². The Labute approximate surface area is 72.4 Å². The topological polar surface area (TPSA) is 50.8 Å². The van der Waals surface area contributed by atoms with Gasteiger partial charge in [0.15, 0.2) is 0 Å². The molecule has 4 nitrogen and oxygen atoms in total. The van der Waals surface area contributed by atoms with Gasteiger partial charge in [0.25, 0.3) is 0 Å². The van der Waals surface area contributed by atoms with Crippen molar-refractivity contribution in [3.8, 4) is 0 Å². The molecule has 0 aromatic rings. The van der Waals surface area contributed by atoms with Crippen molar-refractivity contribution < 1.29 is 4.74 Å². The minimum Gasteiger partial charge on any atom is -0.386 e. The van der Waals surface area contributed by atoms with E-state index in [1.807, 2.05) is 0 Å². The summed E-state index contributed by atoms with van der Waals surface area (Å²) in [6.45, 7) is 2.74. The van der Waals surface area contributed by atoms with E-state index < -0.39 is 0 Å². The Balaban J connectivity index is 1.91. The summed E-state index contributed by atoms with van der Waals surface area (Å²) >= 11 is 0. The predicted octanol–water partition coefficient (Wildman–Crippen LogP) is 0.143. The van der Waals surface area contributed by atoms with Crippen LogP contribution in [0.5, 0.6) is 0 Å². The maximum absolute atomic E-state index is 5.61. The average molecular weight is 169 g/mol. The lowest BCUT2D eigenvalue weighted by molar-refractivity contribution is 0.0390. The highest BCUT2D eigenvalue weighted by atomic mass is 16.5. The Morgan fingerprint density at radius 2 is 2.17 bits per heavy atom. The molecule has 0 atom stereocenters. The van der Waals surface area contributed by atoms with Gasteiger partial charge in [-0.05, 0) is 12.8 Å². The highest BCUT2D eigenvalue weighted by Crippen LogP contribution is 2.17. The van der Waals surface area contributed by atoms with E-state index in [9.17, 15) is 0 Å². The maximum Gasteiger partial charge on any atom is 0.121 e. The molecule has 0 aromatic carbocycles. The number of hydrazone groups is 1. The van der Waals surface area contributed by atoms with Crippen LogP contribution in [0.3, 0.4) is 0 Å². The summed E-state index contributed by atoms with van der Waals surface area (Å²) < 4.78 is 5.28. The zero-order valence-corrected chi connectivity index (χ0v) is 7.20. The quantitative estimate of drug-likeness (QED) is 0.607. The van der Waals surface area contributed by atoms with Gasteiger partial charge in [-0.25, -0.2) is 0 Å². The van der Waals surface area contributed by atoms with Crippen molar-refractivity contribution >= 4 is 5.84 Å². The Bertz CT molecular complexity index is 187. The molecule has 12 heavy (non-hydrogen) atoms. The Hall–Kier alpha value is -0.770. The lowest BCUT2D eigenvalue weighted by atomic mass is 10.1. The lowest BCUT2D eigenvalue weighted by Crippen LogP contribution is -2.34. The van der Waals surface area contributed by atoms with Gasteiger partial charge in [-0.2, -0.15) is 5.10 Å². The number of rotatable bonds is 1. The molecular formula is C8H15N3O. The van der Waals surface area contributed by atoms with Crippen LogP contribution in [0.4, 0.5) is 0 Å². The molecule has 0 aromatic heterocycles. The molecule has 0 bridgehead atoms. The van der Waals surface area contributed by atoms with E-state index in [1.165, 1.54) is 0 Å². The summed E-state index contributed by atoms with van der Waals surface area (Å²) in [6.07, 6.45) is 3.12. The highest BCUT2D eigenvalue weighted by molar-refractivity contribution is 5.81. The summed E-state index contributed by atoms with van der Waals surface area (Å²) in [5.41, 5.74) is 5.61. The molecule has 1 saturated heterocycles. The van der Waals surface area contributed by atoms with Crippen LogP contribution in [0, 0.1) is 0 Å². The number of hydrogen-bond donors (Lipinski definition) is 1. The number of nitrogens with two attached hydrogens (primary N) is 1. The summed E-state index contributed by atoms with van der Waals surface area (Å²) in [5, 5.41) is 6.41. The monoisotopic (exact) mass is 169 g/mol.